The van der Waals surface area contributed by atoms with Crippen molar-refractivity contribution in [2.45, 2.75) is 34.6 Å². The van der Waals surface area contributed by atoms with E-state index in [9.17, 15) is 0 Å². The van der Waals surface area contributed by atoms with E-state index in [1.54, 1.807) is 4.68 Å². The molecule has 1 rings (SSSR count). The van der Waals surface area contributed by atoms with Crippen LogP contribution in [0.25, 0.3) is 0 Å². The largest absolute Gasteiger partial charge is 0.369 e. The topological polar surface area (TPSA) is 53.6 Å². The molecule has 17 heavy (non-hydrogen) atoms. The van der Waals surface area contributed by atoms with Gasteiger partial charge in [-0.2, -0.15) is 10.4 Å². The summed E-state index contributed by atoms with van der Waals surface area (Å²) in [5.74, 6) is 1.40. The average molecular weight is 234 g/mol. The van der Waals surface area contributed by atoms with Crippen LogP contribution in [-0.2, 0) is 7.05 Å². The van der Waals surface area contributed by atoms with Crippen molar-refractivity contribution in [3.63, 3.8) is 0 Å². The molecule has 1 heterocycles. The van der Waals surface area contributed by atoms with Crippen LogP contribution in [0, 0.1) is 29.6 Å². The number of rotatable bonds is 4. The summed E-state index contributed by atoms with van der Waals surface area (Å²) in [6, 6.07) is 2.20. The molecule has 0 atom stereocenters. The van der Waals surface area contributed by atoms with Crippen LogP contribution >= 0.6 is 0 Å². The first-order valence-corrected chi connectivity index (χ1v) is 5.97. The summed E-state index contributed by atoms with van der Waals surface area (Å²) < 4.78 is 1.74. The van der Waals surface area contributed by atoms with Crippen LogP contribution in [-0.4, -0.2) is 16.3 Å². The maximum Gasteiger partial charge on any atom is 0.142 e. The van der Waals surface area contributed by atoms with E-state index in [0.717, 1.165) is 18.1 Å². The summed E-state index contributed by atoms with van der Waals surface area (Å²) in [7, 11) is 1.86. The fraction of sp³-hybridized carbons (Fsp3) is 0.692. The molecule has 0 fully saturated rings. The molecule has 0 saturated carbocycles. The van der Waals surface area contributed by atoms with Crippen molar-refractivity contribution in [2.24, 2.45) is 18.4 Å². The van der Waals surface area contributed by atoms with Gasteiger partial charge in [0.2, 0.25) is 0 Å². The predicted octanol–water partition coefficient (Wildman–Crippen LogP) is 2.69. The highest BCUT2D eigenvalue weighted by atomic mass is 15.3. The van der Waals surface area contributed by atoms with Gasteiger partial charge in [-0.05, 0) is 18.3 Å². The van der Waals surface area contributed by atoms with Gasteiger partial charge >= 0.3 is 0 Å². The van der Waals surface area contributed by atoms with Crippen LogP contribution < -0.4 is 5.32 Å². The second-order valence-corrected chi connectivity index (χ2v) is 5.54. The minimum atomic E-state index is 0.185. The smallest absolute Gasteiger partial charge is 0.142 e. The Morgan fingerprint density at radius 2 is 2.06 bits per heavy atom. The quantitative estimate of drug-likeness (QED) is 0.871. The van der Waals surface area contributed by atoms with Crippen molar-refractivity contribution in [2.75, 3.05) is 11.9 Å². The van der Waals surface area contributed by atoms with Gasteiger partial charge in [-0.25, -0.2) is 0 Å². The van der Waals surface area contributed by atoms with E-state index in [-0.39, 0.29) is 5.41 Å². The summed E-state index contributed by atoms with van der Waals surface area (Å²) in [6.45, 7) is 11.6. The molecule has 0 aliphatic rings. The molecule has 1 aromatic heterocycles. The minimum absolute atomic E-state index is 0.185. The third-order valence-electron chi connectivity index (χ3n) is 3.61. The molecule has 0 unspecified atom stereocenters. The zero-order valence-corrected chi connectivity index (χ0v) is 11.6. The zero-order chi connectivity index (χ0) is 13.2. The lowest BCUT2D eigenvalue weighted by molar-refractivity contribution is 0.269. The first-order valence-electron chi connectivity index (χ1n) is 5.97. The van der Waals surface area contributed by atoms with Crippen molar-refractivity contribution in [1.29, 1.82) is 5.26 Å². The molecule has 0 spiro atoms. The molecule has 0 amide bonds. The van der Waals surface area contributed by atoms with Gasteiger partial charge in [-0.3, -0.25) is 4.68 Å². The third kappa shape index (κ3) is 2.79. The van der Waals surface area contributed by atoms with Crippen LogP contribution in [0.4, 0.5) is 5.82 Å². The lowest BCUT2D eigenvalue weighted by Crippen LogP contribution is -2.29. The van der Waals surface area contributed by atoms with Crippen molar-refractivity contribution in [1.82, 2.24) is 9.78 Å². The van der Waals surface area contributed by atoms with Gasteiger partial charge < -0.3 is 5.32 Å². The molecule has 1 N–H and O–H groups in total. The van der Waals surface area contributed by atoms with E-state index in [1.165, 1.54) is 0 Å². The maximum atomic E-state index is 9.11. The fourth-order valence-electron chi connectivity index (χ4n) is 1.51. The van der Waals surface area contributed by atoms with Gasteiger partial charge in [0.05, 0.1) is 5.69 Å². The van der Waals surface area contributed by atoms with Gasteiger partial charge in [-0.1, -0.05) is 27.7 Å². The van der Waals surface area contributed by atoms with E-state index in [4.69, 9.17) is 5.26 Å². The highest BCUT2D eigenvalue weighted by molar-refractivity contribution is 5.55. The van der Waals surface area contributed by atoms with Crippen LogP contribution in [0.15, 0.2) is 0 Å². The van der Waals surface area contributed by atoms with Crippen LogP contribution in [0.3, 0.4) is 0 Å². The predicted molar refractivity (Wildman–Crippen MR) is 69.8 cm³/mol. The number of hydrogen-bond donors (Lipinski definition) is 1. The number of aromatic nitrogens is 2. The Morgan fingerprint density at radius 1 is 1.47 bits per heavy atom. The SMILES string of the molecule is Cc1nn(C)c(NCC(C)(C)C(C)C)c1C#N. The monoisotopic (exact) mass is 234 g/mol. The number of hydrogen-bond acceptors (Lipinski definition) is 3. The van der Waals surface area contributed by atoms with Crippen molar-refractivity contribution < 1.29 is 0 Å². The van der Waals surface area contributed by atoms with Crippen molar-refractivity contribution in [3.8, 4) is 6.07 Å². The minimum Gasteiger partial charge on any atom is -0.369 e. The molecule has 1 aromatic rings. The van der Waals surface area contributed by atoms with Gasteiger partial charge in [0.15, 0.2) is 0 Å². The van der Waals surface area contributed by atoms with E-state index in [1.807, 2.05) is 14.0 Å². The Kier molecular flexibility index (Phi) is 3.82. The molecule has 4 heteroatoms. The second-order valence-electron chi connectivity index (χ2n) is 5.54. The summed E-state index contributed by atoms with van der Waals surface area (Å²) in [5, 5.41) is 16.7. The molecule has 0 bridgehead atoms. The highest BCUT2D eigenvalue weighted by Gasteiger charge is 2.23. The van der Waals surface area contributed by atoms with Crippen LogP contribution in [0.5, 0.6) is 0 Å². The molecule has 0 aromatic carbocycles. The number of anilines is 1. The standard InChI is InChI=1S/C13H22N4/c1-9(2)13(4,5)8-15-12-11(7-14)10(3)16-17(12)6/h9,15H,8H2,1-6H3. The first kappa shape index (κ1) is 13.6. The van der Waals surface area contributed by atoms with Crippen molar-refractivity contribution in [3.05, 3.63) is 11.3 Å². The average Bonchev–Trinajstić information content (AvgIpc) is 2.49. The Balaban J connectivity index is 2.87. The van der Waals surface area contributed by atoms with E-state index >= 15 is 0 Å². The molecule has 0 radical (unpaired) electrons. The summed E-state index contributed by atoms with van der Waals surface area (Å²) in [6.07, 6.45) is 0. The number of nitrogens with one attached hydrogen (secondary N) is 1. The third-order valence-corrected chi connectivity index (χ3v) is 3.61. The van der Waals surface area contributed by atoms with Gasteiger partial charge in [-0.15, -0.1) is 0 Å². The normalized spacial score (nSPS) is 11.6. The highest BCUT2D eigenvalue weighted by Crippen LogP contribution is 2.27. The van der Waals surface area contributed by atoms with Crippen LogP contribution in [0.1, 0.15) is 39.0 Å². The van der Waals surface area contributed by atoms with E-state index < -0.39 is 0 Å². The summed E-state index contributed by atoms with van der Waals surface area (Å²) >= 11 is 0. The molecule has 0 aliphatic heterocycles. The van der Waals surface area contributed by atoms with E-state index in [2.05, 4.69) is 44.2 Å². The number of nitrogens with zero attached hydrogens (tertiary/aromatic N) is 3. The van der Waals surface area contributed by atoms with Gasteiger partial charge in [0.25, 0.3) is 0 Å². The van der Waals surface area contributed by atoms with Crippen LogP contribution in [0.2, 0.25) is 0 Å². The maximum absolute atomic E-state index is 9.11. The lowest BCUT2D eigenvalue weighted by Gasteiger charge is -2.29. The summed E-state index contributed by atoms with van der Waals surface area (Å²) in [5.41, 5.74) is 1.61. The Labute approximate surface area is 104 Å². The molecule has 0 aliphatic carbocycles. The molecular formula is C13H22N4. The molecule has 94 valence electrons. The Bertz CT molecular complexity index is 435. The molecule has 4 nitrogen and oxygen atoms in total. The second kappa shape index (κ2) is 4.79. The Hall–Kier alpha value is -1.50. The van der Waals surface area contributed by atoms with Gasteiger partial charge in [0, 0.05) is 13.6 Å². The lowest BCUT2D eigenvalue weighted by atomic mass is 9.81. The number of nitriles is 1. The van der Waals surface area contributed by atoms with E-state index in [0.29, 0.717) is 11.5 Å². The van der Waals surface area contributed by atoms with Gasteiger partial charge in [0.1, 0.15) is 17.5 Å². The zero-order valence-electron chi connectivity index (χ0n) is 11.6. The summed E-state index contributed by atoms with van der Waals surface area (Å²) in [4.78, 5) is 0. The Morgan fingerprint density at radius 3 is 2.53 bits per heavy atom. The fourth-order valence-corrected chi connectivity index (χ4v) is 1.51. The first-order chi connectivity index (χ1) is 7.79. The van der Waals surface area contributed by atoms with Crippen molar-refractivity contribution >= 4 is 5.82 Å². The number of aryl methyl sites for hydroxylation is 2. The molecular weight excluding hydrogens is 212 g/mol. The molecule has 0 saturated heterocycles.